The van der Waals surface area contributed by atoms with Crippen LogP contribution in [0.15, 0.2) is 22.1 Å². The number of nitrogen functional groups attached to an aromatic ring is 1. The SMILES string of the molecule is CCON=C(C(=O)NC1C(=O)N2CC(C=Cc3scnc3C)(C(=O)O)CS[C@H]12)c1csc(N)n1. The first kappa shape index (κ1) is 24.2. The zero-order valence-electron chi connectivity index (χ0n) is 18.3. The van der Waals surface area contributed by atoms with E-state index < -0.39 is 23.3 Å². The maximum absolute atomic E-state index is 12.9. The van der Waals surface area contributed by atoms with Gasteiger partial charge in [-0.25, -0.2) is 9.97 Å². The van der Waals surface area contributed by atoms with Crippen LogP contribution in [0.3, 0.4) is 0 Å². The first-order chi connectivity index (χ1) is 16.3. The number of carboxylic acids is 1. The van der Waals surface area contributed by atoms with Crippen LogP contribution in [-0.4, -0.2) is 73.8 Å². The number of thioether (sulfide) groups is 1. The number of oxime groups is 1. The maximum Gasteiger partial charge on any atom is 0.316 e. The van der Waals surface area contributed by atoms with Gasteiger partial charge in [0.1, 0.15) is 29.1 Å². The number of hydrogen-bond donors (Lipinski definition) is 3. The number of aromatic nitrogens is 2. The van der Waals surface area contributed by atoms with E-state index >= 15 is 0 Å². The number of thiazole rings is 2. The third-order valence-electron chi connectivity index (χ3n) is 5.42. The van der Waals surface area contributed by atoms with E-state index in [1.807, 2.05) is 6.92 Å². The first-order valence-electron chi connectivity index (χ1n) is 10.2. The number of nitrogens with zero attached hydrogens (tertiary/aromatic N) is 4. The van der Waals surface area contributed by atoms with Crippen molar-refractivity contribution < 1.29 is 24.3 Å². The average molecular weight is 523 g/mol. The molecule has 2 saturated heterocycles. The molecule has 2 aliphatic rings. The normalized spacial score (nSPS) is 24.6. The molecule has 0 aromatic carbocycles. The lowest BCUT2D eigenvalue weighted by atomic mass is 9.86. The second kappa shape index (κ2) is 9.72. The second-order valence-corrected chi connectivity index (χ2v) is 10.5. The Morgan fingerprint density at radius 3 is 2.88 bits per heavy atom. The molecular formula is C20H22N6O5S3. The van der Waals surface area contributed by atoms with Crippen molar-refractivity contribution in [2.24, 2.45) is 10.6 Å². The highest BCUT2D eigenvalue weighted by Gasteiger charge is 2.57. The van der Waals surface area contributed by atoms with Crippen molar-refractivity contribution in [3.63, 3.8) is 0 Å². The summed E-state index contributed by atoms with van der Waals surface area (Å²) in [6.07, 6.45) is 3.39. The second-order valence-electron chi connectivity index (χ2n) is 7.64. The minimum absolute atomic E-state index is 0.0159. The van der Waals surface area contributed by atoms with Gasteiger partial charge in [0.25, 0.3) is 5.91 Å². The van der Waals surface area contributed by atoms with Crippen molar-refractivity contribution in [2.75, 3.05) is 24.6 Å². The number of carboxylic acid groups (broad SMARTS) is 1. The summed E-state index contributed by atoms with van der Waals surface area (Å²) in [5, 5.41) is 18.0. The van der Waals surface area contributed by atoms with E-state index in [1.165, 1.54) is 28.0 Å². The predicted octanol–water partition coefficient (Wildman–Crippen LogP) is 1.42. The van der Waals surface area contributed by atoms with Crippen molar-refractivity contribution >= 4 is 69.1 Å². The van der Waals surface area contributed by atoms with Gasteiger partial charge >= 0.3 is 5.97 Å². The number of anilines is 1. The van der Waals surface area contributed by atoms with Crippen LogP contribution in [0.5, 0.6) is 0 Å². The Morgan fingerprint density at radius 2 is 2.26 bits per heavy atom. The van der Waals surface area contributed by atoms with Gasteiger partial charge in [-0.1, -0.05) is 11.2 Å². The van der Waals surface area contributed by atoms with E-state index in [9.17, 15) is 19.5 Å². The minimum Gasteiger partial charge on any atom is -0.481 e. The van der Waals surface area contributed by atoms with E-state index in [0.717, 1.165) is 21.9 Å². The van der Waals surface area contributed by atoms with E-state index in [0.29, 0.717) is 0 Å². The molecule has 3 atom stereocenters. The molecule has 4 rings (SSSR count). The summed E-state index contributed by atoms with van der Waals surface area (Å²) in [6, 6.07) is -0.806. The van der Waals surface area contributed by atoms with Crippen LogP contribution in [0.2, 0.25) is 0 Å². The molecule has 0 bridgehead atoms. The number of fused-ring (bicyclic) bond motifs is 1. The van der Waals surface area contributed by atoms with E-state index in [-0.39, 0.29) is 46.7 Å². The number of nitrogens with two attached hydrogens (primary N) is 1. The number of β-lactam (4-membered cyclic amide) rings is 1. The molecule has 4 heterocycles. The lowest BCUT2D eigenvalue weighted by Crippen LogP contribution is -2.73. The molecule has 0 aliphatic carbocycles. The van der Waals surface area contributed by atoms with Crippen molar-refractivity contribution in [1.29, 1.82) is 0 Å². The summed E-state index contributed by atoms with van der Waals surface area (Å²) in [4.78, 5) is 53.6. The smallest absolute Gasteiger partial charge is 0.316 e. The fraction of sp³-hybridized carbons (Fsp3) is 0.400. The Kier molecular flexibility index (Phi) is 6.91. The number of hydrogen-bond acceptors (Lipinski definition) is 11. The lowest BCUT2D eigenvalue weighted by molar-refractivity contribution is -0.155. The number of carbonyl (C=O) groups excluding carboxylic acids is 2. The highest BCUT2D eigenvalue weighted by molar-refractivity contribution is 8.00. The van der Waals surface area contributed by atoms with Crippen LogP contribution >= 0.6 is 34.4 Å². The fourth-order valence-corrected chi connectivity index (χ4v) is 6.30. The summed E-state index contributed by atoms with van der Waals surface area (Å²) < 4.78 is 0. The molecule has 11 nitrogen and oxygen atoms in total. The fourth-order valence-electron chi connectivity index (χ4n) is 3.54. The quantitative estimate of drug-likeness (QED) is 0.265. The number of nitrogens with one attached hydrogen (secondary N) is 1. The molecule has 2 unspecified atom stereocenters. The summed E-state index contributed by atoms with van der Waals surface area (Å²) in [5.74, 6) is -1.73. The van der Waals surface area contributed by atoms with Crippen molar-refractivity contribution in [2.45, 2.75) is 25.3 Å². The lowest BCUT2D eigenvalue weighted by Gasteiger charge is -2.53. The van der Waals surface area contributed by atoms with E-state index in [2.05, 4.69) is 20.4 Å². The van der Waals surface area contributed by atoms with Gasteiger partial charge in [-0.05, 0) is 19.9 Å². The van der Waals surface area contributed by atoms with Crippen molar-refractivity contribution in [1.82, 2.24) is 20.2 Å². The summed E-state index contributed by atoms with van der Waals surface area (Å²) in [7, 11) is 0. The van der Waals surface area contributed by atoms with E-state index in [4.69, 9.17) is 10.6 Å². The van der Waals surface area contributed by atoms with Gasteiger partial charge in [-0.2, -0.15) is 0 Å². The van der Waals surface area contributed by atoms with Crippen LogP contribution < -0.4 is 11.1 Å². The van der Waals surface area contributed by atoms with Gasteiger partial charge in [0.05, 0.1) is 11.2 Å². The van der Waals surface area contributed by atoms with Crippen molar-refractivity contribution in [3.8, 4) is 0 Å². The largest absolute Gasteiger partial charge is 0.481 e. The van der Waals surface area contributed by atoms with Crippen molar-refractivity contribution in [3.05, 3.63) is 33.2 Å². The highest BCUT2D eigenvalue weighted by atomic mass is 32.2. The number of aliphatic carboxylic acids is 1. The van der Waals surface area contributed by atoms with E-state index in [1.54, 1.807) is 30.0 Å². The Labute approximate surface area is 207 Å². The number of amides is 2. The zero-order chi connectivity index (χ0) is 24.5. The molecular weight excluding hydrogens is 500 g/mol. The van der Waals surface area contributed by atoms with Gasteiger partial charge in [0.15, 0.2) is 10.8 Å². The summed E-state index contributed by atoms with van der Waals surface area (Å²) >= 11 is 3.89. The third-order valence-corrected chi connectivity index (χ3v) is 8.54. The Morgan fingerprint density at radius 1 is 1.47 bits per heavy atom. The molecule has 2 aromatic rings. The van der Waals surface area contributed by atoms with Crippen LogP contribution in [0.4, 0.5) is 5.13 Å². The molecule has 2 aliphatic heterocycles. The Bertz CT molecular complexity index is 1180. The predicted molar refractivity (Wildman–Crippen MR) is 131 cm³/mol. The summed E-state index contributed by atoms with van der Waals surface area (Å²) in [6.45, 7) is 3.84. The highest BCUT2D eigenvalue weighted by Crippen LogP contribution is 2.43. The molecule has 2 fully saturated rings. The van der Waals surface area contributed by atoms with Gasteiger partial charge in [0, 0.05) is 22.6 Å². The van der Waals surface area contributed by atoms with Crippen LogP contribution in [0, 0.1) is 12.3 Å². The standard InChI is InChI=1S/C20H22N6O5S3/c1-3-31-25-13(11-6-32-19(21)23-11)15(27)24-14-16(28)26-7-20(18(29)30,8-33-17(14)26)5-4-12-10(2)22-9-34-12/h4-6,9,14,17H,3,7-8H2,1-2H3,(H2,21,23)(H,24,27)(H,29,30)/t14?,17-,20?/m1/s1. The molecule has 2 amide bonds. The molecule has 34 heavy (non-hydrogen) atoms. The minimum atomic E-state index is -1.23. The number of carbonyl (C=O) groups is 3. The van der Waals surface area contributed by atoms with Crippen LogP contribution in [0.25, 0.3) is 6.08 Å². The molecule has 14 heteroatoms. The molecule has 2 aromatic heterocycles. The van der Waals surface area contributed by atoms with Gasteiger partial charge in [-0.15, -0.1) is 34.4 Å². The van der Waals surface area contributed by atoms with Gasteiger partial charge in [0.2, 0.25) is 5.91 Å². The zero-order valence-corrected chi connectivity index (χ0v) is 20.7. The molecule has 0 saturated carbocycles. The van der Waals surface area contributed by atoms with Gasteiger partial charge < -0.3 is 25.9 Å². The molecule has 0 radical (unpaired) electrons. The first-order valence-corrected chi connectivity index (χ1v) is 13.0. The average Bonchev–Trinajstić information content (AvgIpc) is 3.43. The van der Waals surface area contributed by atoms with Crippen LogP contribution in [0.1, 0.15) is 23.2 Å². The molecule has 4 N–H and O–H groups in total. The number of rotatable bonds is 8. The number of aryl methyl sites for hydroxylation is 1. The van der Waals surface area contributed by atoms with Gasteiger partial charge in [-0.3, -0.25) is 14.4 Å². The Hall–Kier alpha value is -2.97. The maximum atomic E-state index is 12.9. The Balaban J connectivity index is 1.47. The molecule has 180 valence electrons. The third kappa shape index (κ3) is 4.52. The monoisotopic (exact) mass is 522 g/mol. The summed E-state index contributed by atoms with van der Waals surface area (Å²) in [5.41, 5.74) is 7.12. The topological polar surface area (TPSA) is 160 Å². The molecule has 0 spiro atoms. The van der Waals surface area contributed by atoms with Crippen LogP contribution in [-0.2, 0) is 19.2 Å².